The molecule has 0 heterocycles. The molecule has 0 aliphatic carbocycles. The third-order valence-electron chi connectivity index (χ3n) is 3.59. The van der Waals surface area contributed by atoms with Crippen molar-refractivity contribution in [3.8, 4) is 23.0 Å². The van der Waals surface area contributed by atoms with E-state index in [2.05, 4.69) is 10.5 Å². The van der Waals surface area contributed by atoms with Crippen LogP contribution in [-0.4, -0.2) is 40.1 Å². The fourth-order valence-electron chi connectivity index (χ4n) is 2.31. The average Bonchev–Trinajstić information content (AvgIpc) is 2.66. The van der Waals surface area contributed by atoms with E-state index in [1.165, 1.54) is 27.5 Å². The molecule has 0 aliphatic rings. The Kier molecular flexibility index (Phi) is 7.31. The summed E-state index contributed by atoms with van der Waals surface area (Å²) in [4.78, 5) is 11.9. The number of ether oxygens (including phenoxy) is 4. The molecule has 8 heteroatoms. The number of hydrogen-bond acceptors (Lipinski definition) is 6. The lowest BCUT2D eigenvalue weighted by atomic mass is 10.2. The second kappa shape index (κ2) is 9.68. The van der Waals surface area contributed by atoms with Gasteiger partial charge in [0.25, 0.3) is 5.91 Å². The lowest BCUT2D eigenvalue weighted by Gasteiger charge is -2.12. The van der Waals surface area contributed by atoms with Gasteiger partial charge in [0.1, 0.15) is 5.75 Å². The molecule has 0 aromatic heterocycles. The molecule has 0 atom stereocenters. The van der Waals surface area contributed by atoms with E-state index < -0.39 is 5.91 Å². The van der Waals surface area contributed by atoms with E-state index in [1.54, 1.807) is 30.3 Å². The summed E-state index contributed by atoms with van der Waals surface area (Å²) < 4.78 is 21.3. The van der Waals surface area contributed by atoms with Gasteiger partial charge < -0.3 is 18.9 Å². The zero-order valence-electron chi connectivity index (χ0n) is 15.5. The van der Waals surface area contributed by atoms with Gasteiger partial charge in [-0.1, -0.05) is 11.6 Å². The molecule has 2 aromatic carbocycles. The number of amides is 1. The molecule has 0 saturated heterocycles. The molecule has 0 radical (unpaired) electrons. The summed E-state index contributed by atoms with van der Waals surface area (Å²) in [5.74, 6) is 1.65. The highest BCUT2D eigenvalue weighted by atomic mass is 35.5. The summed E-state index contributed by atoms with van der Waals surface area (Å²) in [6.45, 7) is 1.68. The summed E-state index contributed by atoms with van der Waals surface area (Å²) in [7, 11) is 4.57. The first-order chi connectivity index (χ1) is 13.0. The number of hydrazone groups is 1. The Labute approximate surface area is 162 Å². The first-order valence-corrected chi connectivity index (χ1v) is 8.37. The van der Waals surface area contributed by atoms with Crippen molar-refractivity contribution in [2.75, 3.05) is 27.9 Å². The minimum atomic E-state index is -0.395. The van der Waals surface area contributed by atoms with Gasteiger partial charge in [-0.05, 0) is 42.8 Å². The van der Waals surface area contributed by atoms with Gasteiger partial charge >= 0.3 is 0 Å². The van der Waals surface area contributed by atoms with Gasteiger partial charge in [-0.15, -0.1) is 0 Å². The number of halogens is 1. The van der Waals surface area contributed by atoms with Crippen molar-refractivity contribution in [2.24, 2.45) is 5.10 Å². The molecule has 0 unspecified atom stereocenters. The number of rotatable bonds is 8. The van der Waals surface area contributed by atoms with Crippen LogP contribution in [0.2, 0.25) is 5.02 Å². The van der Waals surface area contributed by atoms with Crippen molar-refractivity contribution in [1.82, 2.24) is 5.43 Å². The molecule has 0 bridgehead atoms. The van der Waals surface area contributed by atoms with Gasteiger partial charge in [0.05, 0.1) is 27.5 Å². The van der Waals surface area contributed by atoms with E-state index in [-0.39, 0.29) is 6.61 Å². The molecule has 2 rings (SSSR count). The van der Waals surface area contributed by atoms with Crippen molar-refractivity contribution < 1.29 is 23.7 Å². The number of aryl methyl sites for hydroxylation is 1. The highest BCUT2D eigenvalue weighted by Gasteiger charge is 2.12. The molecule has 0 saturated carbocycles. The van der Waals surface area contributed by atoms with Crippen LogP contribution in [0, 0.1) is 6.92 Å². The Hall–Kier alpha value is -2.93. The molecule has 1 amide bonds. The molecule has 7 nitrogen and oxygen atoms in total. The monoisotopic (exact) mass is 392 g/mol. The topological polar surface area (TPSA) is 78.4 Å². The summed E-state index contributed by atoms with van der Waals surface area (Å²) in [5.41, 5.74) is 3.91. The minimum absolute atomic E-state index is 0.172. The van der Waals surface area contributed by atoms with Crippen molar-refractivity contribution in [3.05, 3.63) is 46.5 Å². The molecule has 27 heavy (non-hydrogen) atoms. The number of nitrogens with zero attached hydrogens (tertiary/aromatic N) is 1. The third kappa shape index (κ3) is 5.52. The first-order valence-electron chi connectivity index (χ1n) is 7.99. The predicted octanol–water partition coefficient (Wildman–Crippen LogP) is 3.20. The molecule has 0 spiro atoms. The number of carbonyl (C=O) groups excluding carboxylic acids is 1. The quantitative estimate of drug-likeness (QED) is 0.551. The molecule has 1 N–H and O–H groups in total. The van der Waals surface area contributed by atoms with Crippen LogP contribution >= 0.6 is 11.6 Å². The summed E-state index contributed by atoms with van der Waals surface area (Å²) >= 11 is 5.89. The van der Waals surface area contributed by atoms with Crippen molar-refractivity contribution >= 4 is 23.7 Å². The van der Waals surface area contributed by atoms with Crippen LogP contribution in [0.25, 0.3) is 0 Å². The zero-order chi connectivity index (χ0) is 19.8. The second-order valence-electron chi connectivity index (χ2n) is 5.45. The third-order valence-corrected chi connectivity index (χ3v) is 3.82. The molecule has 0 fully saturated rings. The summed E-state index contributed by atoms with van der Waals surface area (Å²) in [5, 5.41) is 4.53. The highest BCUT2D eigenvalue weighted by molar-refractivity contribution is 6.30. The largest absolute Gasteiger partial charge is 0.493 e. The smallest absolute Gasteiger partial charge is 0.277 e. The van der Waals surface area contributed by atoms with E-state index >= 15 is 0 Å². The van der Waals surface area contributed by atoms with E-state index in [9.17, 15) is 4.79 Å². The second-order valence-corrected chi connectivity index (χ2v) is 5.89. The number of benzene rings is 2. The van der Waals surface area contributed by atoms with Gasteiger partial charge in [0.15, 0.2) is 18.1 Å². The maximum Gasteiger partial charge on any atom is 0.277 e. The van der Waals surface area contributed by atoms with E-state index in [1.807, 2.05) is 6.92 Å². The normalized spacial score (nSPS) is 10.6. The average molecular weight is 393 g/mol. The van der Waals surface area contributed by atoms with Gasteiger partial charge in [0.2, 0.25) is 5.75 Å². The predicted molar refractivity (Wildman–Crippen MR) is 104 cm³/mol. The van der Waals surface area contributed by atoms with E-state index in [0.29, 0.717) is 33.6 Å². The fourth-order valence-corrected chi connectivity index (χ4v) is 2.53. The lowest BCUT2D eigenvalue weighted by Crippen LogP contribution is -2.24. The van der Waals surface area contributed by atoms with Crippen LogP contribution in [0.5, 0.6) is 23.0 Å². The van der Waals surface area contributed by atoms with E-state index in [4.69, 9.17) is 30.5 Å². The van der Waals surface area contributed by atoms with Gasteiger partial charge in [0, 0.05) is 10.6 Å². The SMILES string of the molecule is COc1cc(C=NNC(=O)COc2ccc(Cl)cc2C)cc(OC)c1OC. The Morgan fingerprint density at radius 1 is 1.07 bits per heavy atom. The maximum atomic E-state index is 11.9. The molecule has 0 aliphatic heterocycles. The Balaban J connectivity index is 1.97. The van der Waals surface area contributed by atoms with Crippen molar-refractivity contribution in [3.63, 3.8) is 0 Å². The van der Waals surface area contributed by atoms with Gasteiger partial charge in [-0.2, -0.15) is 5.10 Å². The first kappa shape index (κ1) is 20.4. The molecular weight excluding hydrogens is 372 g/mol. The zero-order valence-corrected chi connectivity index (χ0v) is 16.3. The molecule has 2 aromatic rings. The van der Waals surface area contributed by atoms with Crippen LogP contribution in [-0.2, 0) is 4.79 Å². The fraction of sp³-hybridized carbons (Fsp3) is 0.263. The van der Waals surface area contributed by atoms with Crippen LogP contribution in [0.3, 0.4) is 0 Å². The summed E-state index contributed by atoms with van der Waals surface area (Å²) in [6, 6.07) is 8.60. The molecular formula is C19H21ClN2O5. The summed E-state index contributed by atoms with van der Waals surface area (Å²) in [6.07, 6.45) is 1.47. The van der Waals surface area contributed by atoms with Gasteiger partial charge in [-0.3, -0.25) is 4.79 Å². The van der Waals surface area contributed by atoms with Crippen molar-refractivity contribution in [1.29, 1.82) is 0 Å². The number of methoxy groups -OCH3 is 3. The Morgan fingerprint density at radius 2 is 1.74 bits per heavy atom. The maximum absolute atomic E-state index is 11.9. The number of carbonyl (C=O) groups is 1. The van der Waals surface area contributed by atoms with E-state index in [0.717, 1.165) is 5.56 Å². The number of nitrogens with one attached hydrogen (secondary N) is 1. The van der Waals surface area contributed by atoms with Crippen LogP contribution in [0.1, 0.15) is 11.1 Å². The van der Waals surface area contributed by atoms with Gasteiger partial charge in [-0.25, -0.2) is 5.43 Å². The Morgan fingerprint density at radius 3 is 2.30 bits per heavy atom. The molecule has 144 valence electrons. The van der Waals surface area contributed by atoms with Crippen LogP contribution < -0.4 is 24.4 Å². The van der Waals surface area contributed by atoms with Crippen LogP contribution in [0.4, 0.5) is 0 Å². The number of hydrogen-bond donors (Lipinski definition) is 1. The Bertz CT molecular complexity index is 814. The van der Waals surface area contributed by atoms with Crippen molar-refractivity contribution in [2.45, 2.75) is 6.92 Å². The highest BCUT2D eigenvalue weighted by Crippen LogP contribution is 2.37. The van der Waals surface area contributed by atoms with Crippen LogP contribution in [0.15, 0.2) is 35.4 Å². The lowest BCUT2D eigenvalue weighted by molar-refractivity contribution is -0.123. The standard InChI is InChI=1S/C19H21ClN2O5/c1-12-7-14(20)5-6-15(12)27-11-18(23)22-21-10-13-8-16(24-2)19(26-4)17(9-13)25-3/h5-10H,11H2,1-4H3,(H,22,23). The minimum Gasteiger partial charge on any atom is -0.493 e.